The Kier molecular flexibility index (Phi) is 4.77. The minimum absolute atomic E-state index is 0.103. The molecule has 4 rings (SSSR count). The van der Waals surface area contributed by atoms with Crippen molar-refractivity contribution in [2.45, 2.75) is 9.96 Å². The molecule has 2 aromatic heterocycles. The van der Waals surface area contributed by atoms with Crippen molar-refractivity contribution in [3.05, 3.63) is 71.2 Å². The van der Waals surface area contributed by atoms with Crippen molar-refractivity contribution in [1.29, 1.82) is 0 Å². The van der Waals surface area contributed by atoms with Crippen LogP contribution in [0.2, 0.25) is 5.02 Å². The molecule has 136 valence electrons. The van der Waals surface area contributed by atoms with Gasteiger partial charge in [-0.2, -0.15) is 5.21 Å². The van der Waals surface area contributed by atoms with Crippen LogP contribution in [0, 0.1) is 0 Å². The van der Waals surface area contributed by atoms with E-state index in [-0.39, 0.29) is 5.75 Å². The van der Waals surface area contributed by atoms with Crippen molar-refractivity contribution in [3.63, 3.8) is 0 Å². The van der Waals surface area contributed by atoms with E-state index in [2.05, 4.69) is 20.6 Å². The Balaban J connectivity index is 1.60. The molecule has 0 saturated heterocycles. The first-order valence-electron chi connectivity index (χ1n) is 7.92. The van der Waals surface area contributed by atoms with Crippen molar-refractivity contribution < 1.29 is 8.42 Å². The second-order valence-electron chi connectivity index (χ2n) is 5.82. The van der Waals surface area contributed by atoms with E-state index in [9.17, 15) is 8.42 Å². The van der Waals surface area contributed by atoms with Gasteiger partial charge in [0, 0.05) is 15.5 Å². The molecule has 27 heavy (non-hydrogen) atoms. The fourth-order valence-electron chi connectivity index (χ4n) is 2.66. The van der Waals surface area contributed by atoms with Crippen LogP contribution in [0.1, 0.15) is 5.56 Å². The third-order valence-corrected chi connectivity index (χ3v) is 7.52. The summed E-state index contributed by atoms with van der Waals surface area (Å²) in [4.78, 5) is 0.858. The highest BCUT2D eigenvalue weighted by molar-refractivity contribution is 7.92. The summed E-state index contributed by atoms with van der Waals surface area (Å²) in [7, 11) is -3.47. The number of benzene rings is 2. The Hall–Kier alpha value is -2.55. The Morgan fingerprint density at radius 3 is 2.59 bits per heavy atom. The van der Waals surface area contributed by atoms with Gasteiger partial charge in [0.1, 0.15) is 4.21 Å². The number of rotatable bonds is 5. The second-order valence-corrected chi connectivity index (χ2v) is 9.56. The molecule has 0 aliphatic rings. The summed E-state index contributed by atoms with van der Waals surface area (Å²) in [6.45, 7) is 0. The maximum absolute atomic E-state index is 12.8. The van der Waals surface area contributed by atoms with Gasteiger partial charge >= 0.3 is 0 Å². The molecule has 0 saturated carbocycles. The van der Waals surface area contributed by atoms with Crippen molar-refractivity contribution in [3.8, 4) is 21.8 Å². The van der Waals surface area contributed by atoms with Crippen LogP contribution in [0.3, 0.4) is 0 Å². The SMILES string of the molecule is O=S(=O)(Cc1cccc(-c2nn[nH]n2)c1)c1ccc(-c2cccc(Cl)c2)s1. The Labute approximate surface area is 164 Å². The summed E-state index contributed by atoms with van der Waals surface area (Å²) in [6, 6.07) is 17.9. The molecule has 1 N–H and O–H groups in total. The molecule has 0 spiro atoms. The topological polar surface area (TPSA) is 88.6 Å². The summed E-state index contributed by atoms with van der Waals surface area (Å²) < 4.78 is 26.0. The summed E-state index contributed by atoms with van der Waals surface area (Å²) in [6.07, 6.45) is 0. The average molecular weight is 417 g/mol. The quantitative estimate of drug-likeness (QED) is 0.526. The lowest BCUT2D eigenvalue weighted by molar-refractivity contribution is 0.597. The molecule has 6 nitrogen and oxygen atoms in total. The molecular formula is C18H13ClN4O2S2. The lowest BCUT2D eigenvalue weighted by atomic mass is 10.1. The van der Waals surface area contributed by atoms with Crippen molar-refractivity contribution in [2.24, 2.45) is 0 Å². The lowest BCUT2D eigenvalue weighted by Gasteiger charge is -2.04. The maximum Gasteiger partial charge on any atom is 0.204 e. The minimum Gasteiger partial charge on any atom is -0.223 e. The summed E-state index contributed by atoms with van der Waals surface area (Å²) in [5.74, 6) is 0.322. The largest absolute Gasteiger partial charge is 0.223 e. The normalized spacial score (nSPS) is 11.6. The molecular weight excluding hydrogens is 404 g/mol. The predicted molar refractivity (Wildman–Crippen MR) is 105 cm³/mol. The molecule has 0 atom stereocenters. The maximum atomic E-state index is 12.8. The number of H-pyrrole nitrogens is 1. The highest BCUT2D eigenvalue weighted by Crippen LogP contribution is 2.33. The highest BCUT2D eigenvalue weighted by atomic mass is 35.5. The number of halogens is 1. The summed E-state index contributed by atoms with van der Waals surface area (Å²) in [5, 5.41) is 14.4. The van der Waals surface area contributed by atoms with Gasteiger partial charge in [-0.25, -0.2) is 8.42 Å². The zero-order valence-corrected chi connectivity index (χ0v) is 16.2. The van der Waals surface area contributed by atoms with Crippen LogP contribution in [-0.4, -0.2) is 29.0 Å². The molecule has 2 heterocycles. The van der Waals surface area contributed by atoms with Gasteiger partial charge in [-0.15, -0.1) is 21.5 Å². The summed E-state index contributed by atoms with van der Waals surface area (Å²) in [5.41, 5.74) is 2.27. The Bertz CT molecular complexity index is 1190. The van der Waals surface area contributed by atoms with E-state index < -0.39 is 9.84 Å². The van der Waals surface area contributed by atoms with Crippen LogP contribution >= 0.6 is 22.9 Å². The molecule has 0 radical (unpaired) electrons. The predicted octanol–water partition coefficient (Wildman–Crippen LogP) is 4.22. The standard InChI is InChI=1S/C18H13ClN4O2S2/c19-15-6-2-4-13(10-15)16-7-8-17(26-16)27(24,25)11-12-3-1-5-14(9-12)18-20-22-23-21-18/h1-10H,11H2,(H,20,21,22,23). The number of hydrogen-bond donors (Lipinski definition) is 1. The third kappa shape index (κ3) is 3.92. The fourth-order valence-corrected chi connectivity index (χ4v) is 5.57. The zero-order chi connectivity index (χ0) is 18.9. The molecule has 2 aromatic carbocycles. The van der Waals surface area contributed by atoms with Gasteiger partial charge in [-0.1, -0.05) is 41.9 Å². The van der Waals surface area contributed by atoms with E-state index in [1.807, 2.05) is 24.3 Å². The number of nitrogens with one attached hydrogen (secondary N) is 1. The van der Waals surface area contributed by atoms with E-state index in [0.717, 1.165) is 10.4 Å². The zero-order valence-electron chi connectivity index (χ0n) is 13.8. The van der Waals surface area contributed by atoms with Crippen LogP contribution in [0.25, 0.3) is 21.8 Å². The second kappa shape index (κ2) is 7.22. The smallest absolute Gasteiger partial charge is 0.204 e. The van der Waals surface area contributed by atoms with E-state index in [4.69, 9.17) is 11.6 Å². The first-order valence-corrected chi connectivity index (χ1v) is 10.8. The van der Waals surface area contributed by atoms with Crippen LogP contribution in [0.4, 0.5) is 0 Å². The van der Waals surface area contributed by atoms with Crippen LogP contribution in [-0.2, 0) is 15.6 Å². The van der Waals surface area contributed by atoms with Gasteiger partial charge in [-0.3, -0.25) is 0 Å². The van der Waals surface area contributed by atoms with Crippen LogP contribution < -0.4 is 0 Å². The van der Waals surface area contributed by atoms with Gasteiger partial charge in [0.2, 0.25) is 5.82 Å². The number of thiophene rings is 1. The number of tetrazole rings is 1. The third-order valence-electron chi connectivity index (χ3n) is 3.88. The van der Waals surface area contributed by atoms with Gasteiger partial charge in [-0.05, 0) is 46.7 Å². The van der Waals surface area contributed by atoms with Gasteiger partial charge in [0.15, 0.2) is 9.84 Å². The first kappa shape index (κ1) is 17.8. The molecule has 4 aromatic rings. The average Bonchev–Trinajstić information content (AvgIpc) is 3.34. The van der Waals surface area contributed by atoms with Crippen molar-refractivity contribution in [2.75, 3.05) is 0 Å². The number of sulfone groups is 1. The lowest BCUT2D eigenvalue weighted by Crippen LogP contribution is -2.03. The van der Waals surface area contributed by atoms with Gasteiger partial charge < -0.3 is 0 Å². The van der Waals surface area contributed by atoms with Gasteiger partial charge in [0.25, 0.3) is 0 Å². The monoisotopic (exact) mass is 416 g/mol. The molecule has 0 fully saturated rings. The van der Waals surface area contributed by atoms with E-state index in [1.165, 1.54) is 11.3 Å². The Morgan fingerprint density at radius 2 is 1.81 bits per heavy atom. The highest BCUT2D eigenvalue weighted by Gasteiger charge is 2.19. The molecule has 0 aliphatic carbocycles. The molecule has 9 heteroatoms. The minimum atomic E-state index is -3.47. The van der Waals surface area contributed by atoms with E-state index in [0.29, 0.717) is 26.2 Å². The van der Waals surface area contributed by atoms with Crippen molar-refractivity contribution >= 4 is 32.8 Å². The van der Waals surface area contributed by atoms with E-state index >= 15 is 0 Å². The van der Waals surface area contributed by atoms with E-state index in [1.54, 1.807) is 36.4 Å². The van der Waals surface area contributed by atoms with Crippen LogP contribution in [0.15, 0.2) is 64.9 Å². The summed E-state index contributed by atoms with van der Waals surface area (Å²) >= 11 is 7.26. The number of nitrogens with zero attached hydrogens (tertiary/aromatic N) is 3. The molecule has 0 bridgehead atoms. The van der Waals surface area contributed by atoms with Gasteiger partial charge in [0.05, 0.1) is 5.75 Å². The number of aromatic amines is 1. The molecule has 0 amide bonds. The Morgan fingerprint density at radius 1 is 1.00 bits per heavy atom. The number of hydrogen-bond acceptors (Lipinski definition) is 6. The first-order chi connectivity index (χ1) is 13.0. The fraction of sp³-hybridized carbons (Fsp3) is 0.0556. The van der Waals surface area contributed by atoms with Crippen molar-refractivity contribution in [1.82, 2.24) is 20.6 Å². The molecule has 0 unspecified atom stereocenters. The number of aromatic nitrogens is 4. The molecule has 0 aliphatic heterocycles. The van der Waals surface area contributed by atoms with Crippen LogP contribution in [0.5, 0.6) is 0 Å².